The van der Waals surface area contributed by atoms with E-state index in [1.165, 1.54) is 51.3 Å². The van der Waals surface area contributed by atoms with Crippen molar-refractivity contribution in [1.82, 2.24) is 24.5 Å². The average molecular weight is 390 g/mol. The molecule has 3 aromatic heterocycles. The molecule has 0 amide bonds. The summed E-state index contributed by atoms with van der Waals surface area (Å²) in [4.78, 5) is 11.8. The standard InChI is InChI=1S/C16H18N6O2S2/c1-10-3-4-12-13(8-25-14(12)5-10)15-18-19-16(20(15)2)26-9-21-7-11(6-17-21)22(23)24/h6-8,10H,3-5,9H2,1-2H3/t10-/m1/s1. The fraction of sp³-hybridized carbons (Fsp3) is 0.438. The number of hydrogen-bond donors (Lipinski definition) is 0. The van der Waals surface area contributed by atoms with Gasteiger partial charge in [0.2, 0.25) is 0 Å². The van der Waals surface area contributed by atoms with Crippen molar-refractivity contribution in [2.45, 2.75) is 37.2 Å². The Bertz CT molecular complexity index is 960. The van der Waals surface area contributed by atoms with Gasteiger partial charge in [0, 0.05) is 22.9 Å². The van der Waals surface area contributed by atoms with E-state index in [-0.39, 0.29) is 5.69 Å². The molecular formula is C16H18N6O2S2. The molecule has 3 aromatic rings. The number of thiophene rings is 1. The Morgan fingerprint density at radius 2 is 2.31 bits per heavy atom. The second-order valence-corrected chi connectivity index (χ2v) is 8.41. The second-order valence-electron chi connectivity index (χ2n) is 6.53. The van der Waals surface area contributed by atoms with Crippen LogP contribution < -0.4 is 0 Å². The highest BCUT2D eigenvalue weighted by atomic mass is 32.2. The summed E-state index contributed by atoms with van der Waals surface area (Å²) in [6.07, 6.45) is 6.13. The van der Waals surface area contributed by atoms with Crippen LogP contribution in [0.5, 0.6) is 0 Å². The lowest BCUT2D eigenvalue weighted by Gasteiger charge is -2.18. The van der Waals surface area contributed by atoms with Crippen LogP contribution in [-0.4, -0.2) is 29.5 Å². The fourth-order valence-electron chi connectivity index (χ4n) is 3.18. The third kappa shape index (κ3) is 3.14. The van der Waals surface area contributed by atoms with Crippen molar-refractivity contribution < 1.29 is 4.92 Å². The predicted molar refractivity (Wildman–Crippen MR) is 100 cm³/mol. The lowest BCUT2D eigenvalue weighted by molar-refractivity contribution is -0.385. The molecule has 4 rings (SSSR count). The minimum atomic E-state index is -0.449. The van der Waals surface area contributed by atoms with E-state index in [2.05, 4.69) is 27.6 Å². The number of aromatic nitrogens is 5. The Morgan fingerprint density at radius 1 is 1.46 bits per heavy atom. The summed E-state index contributed by atoms with van der Waals surface area (Å²) in [7, 11) is 1.96. The summed E-state index contributed by atoms with van der Waals surface area (Å²) in [5.41, 5.74) is 2.60. The van der Waals surface area contributed by atoms with Crippen molar-refractivity contribution in [2.75, 3.05) is 0 Å². The Labute approximate surface area is 158 Å². The summed E-state index contributed by atoms with van der Waals surface area (Å²) in [6, 6.07) is 0. The van der Waals surface area contributed by atoms with E-state index in [1.807, 2.05) is 23.0 Å². The molecule has 0 spiro atoms. The molecular weight excluding hydrogens is 372 g/mol. The van der Waals surface area contributed by atoms with Crippen LogP contribution >= 0.6 is 23.1 Å². The molecule has 0 aromatic carbocycles. The highest BCUT2D eigenvalue weighted by Gasteiger charge is 2.23. The molecule has 136 valence electrons. The molecule has 0 unspecified atom stereocenters. The van der Waals surface area contributed by atoms with Crippen LogP contribution in [0.4, 0.5) is 5.69 Å². The highest BCUT2D eigenvalue weighted by molar-refractivity contribution is 7.98. The van der Waals surface area contributed by atoms with E-state index in [0.717, 1.165) is 29.7 Å². The van der Waals surface area contributed by atoms with E-state index in [1.54, 1.807) is 0 Å². The maximum atomic E-state index is 10.7. The monoisotopic (exact) mass is 390 g/mol. The van der Waals surface area contributed by atoms with Crippen molar-refractivity contribution >= 4 is 28.8 Å². The van der Waals surface area contributed by atoms with Gasteiger partial charge in [-0.3, -0.25) is 14.8 Å². The minimum Gasteiger partial charge on any atom is -0.305 e. The molecule has 0 saturated heterocycles. The third-order valence-electron chi connectivity index (χ3n) is 4.63. The maximum absolute atomic E-state index is 10.7. The highest BCUT2D eigenvalue weighted by Crippen LogP contribution is 2.38. The Kier molecular flexibility index (Phi) is 4.53. The van der Waals surface area contributed by atoms with Gasteiger partial charge in [0.25, 0.3) is 0 Å². The Balaban J connectivity index is 1.52. The lowest BCUT2D eigenvalue weighted by atomic mass is 9.88. The molecule has 10 heteroatoms. The van der Waals surface area contributed by atoms with Gasteiger partial charge in [0.1, 0.15) is 12.4 Å². The SMILES string of the molecule is C[C@@H]1CCc2c(-c3nnc(SCn4cc([N+](=O)[O-])cn4)n3C)csc2C1. The van der Waals surface area contributed by atoms with Gasteiger partial charge in [0.15, 0.2) is 11.0 Å². The van der Waals surface area contributed by atoms with E-state index < -0.39 is 4.92 Å². The molecule has 0 aliphatic heterocycles. The molecule has 1 aliphatic carbocycles. The van der Waals surface area contributed by atoms with Crippen LogP contribution in [0.3, 0.4) is 0 Å². The van der Waals surface area contributed by atoms with Gasteiger partial charge in [0.05, 0.1) is 10.8 Å². The van der Waals surface area contributed by atoms with E-state index in [0.29, 0.717) is 5.88 Å². The molecule has 3 heterocycles. The molecule has 1 atom stereocenters. The summed E-state index contributed by atoms with van der Waals surface area (Å²) in [5, 5.41) is 26.4. The van der Waals surface area contributed by atoms with Crippen LogP contribution in [0.15, 0.2) is 22.9 Å². The molecule has 0 fully saturated rings. The van der Waals surface area contributed by atoms with E-state index in [9.17, 15) is 10.1 Å². The van der Waals surface area contributed by atoms with E-state index >= 15 is 0 Å². The topological polar surface area (TPSA) is 91.7 Å². The van der Waals surface area contributed by atoms with Gasteiger partial charge in [-0.15, -0.1) is 21.5 Å². The van der Waals surface area contributed by atoms with Gasteiger partial charge in [-0.05, 0) is 30.7 Å². The minimum absolute atomic E-state index is 0.0108. The normalized spacial score (nSPS) is 16.6. The zero-order valence-electron chi connectivity index (χ0n) is 14.5. The van der Waals surface area contributed by atoms with Gasteiger partial charge in [-0.2, -0.15) is 5.10 Å². The first-order chi connectivity index (χ1) is 12.5. The van der Waals surface area contributed by atoms with Gasteiger partial charge >= 0.3 is 5.69 Å². The number of hydrogen-bond acceptors (Lipinski definition) is 7. The first kappa shape index (κ1) is 17.2. The van der Waals surface area contributed by atoms with Gasteiger partial charge in [-0.1, -0.05) is 18.7 Å². The summed E-state index contributed by atoms with van der Waals surface area (Å²) in [6.45, 7) is 2.30. The van der Waals surface area contributed by atoms with Crippen molar-refractivity contribution in [3.8, 4) is 11.4 Å². The Morgan fingerprint density at radius 3 is 3.08 bits per heavy atom. The first-order valence-corrected chi connectivity index (χ1v) is 10.2. The Hall–Kier alpha value is -2.20. The molecule has 0 bridgehead atoms. The molecule has 0 saturated carbocycles. The smallest absolute Gasteiger partial charge is 0.305 e. The quantitative estimate of drug-likeness (QED) is 0.376. The largest absolute Gasteiger partial charge is 0.307 e. The van der Waals surface area contributed by atoms with Crippen LogP contribution in [0.1, 0.15) is 23.8 Å². The van der Waals surface area contributed by atoms with Crippen LogP contribution in [-0.2, 0) is 25.8 Å². The number of fused-ring (bicyclic) bond motifs is 1. The summed E-state index contributed by atoms with van der Waals surface area (Å²) in [5.74, 6) is 2.07. The van der Waals surface area contributed by atoms with Crippen LogP contribution in [0, 0.1) is 16.0 Å². The zero-order chi connectivity index (χ0) is 18.3. The molecule has 0 radical (unpaired) electrons. The van der Waals surface area contributed by atoms with Crippen molar-refractivity contribution in [3.05, 3.63) is 38.3 Å². The zero-order valence-corrected chi connectivity index (χ0v) is 16.1. The molecule has 8 nitrogen and oxygen atoms in total. The van der Waals surface area contributed by atoms with Crippen molar-refractivity contribution in [3.63, 3.8) is 0 Å². The number of nitrogens with zero attached hydrogens (tertiary/aromatic N) is 6. The number of rotatable bonds is 5. The predicted octanol–water partition coefficient (Wildman–Crippen LogP) is 3.52. The van der Waals surface area contributed by atoms with Gasteiger partial charge in [-0.25, -0.2) is 0 Å². The maximum Gasteiger partial charge on any atom is 0.307 e. The van der Waals surface area contributed by atoms with Crippen LogP contribution in [0.25, 0.3) is 11.4 Å². The van der Waals surface area contributed by atoms with Crippen molar-refractivity contribution in [2.24, 2.45) is 13.0 Å². The molecule has 26 heavy (non-hydrogen) atoms. The third-order valence-corrected chi connectivity index (χ3v) is 6.69. The average Bonchev–Trinajstić information content (AvgIpc) is 3.31. The molecule has 1 aliphatic rings. The van der Waals surface area contributed by atoms with Crippen molar-refractivity contribution in [1.29, 1.82) is 0 Å². The molecule has 0 N–H and O–H groups in total. The summed E-state index contributed by atoms with van der Waals surface area (Å²) < 4.78 is 3.52. The first-order valence-electron chi connectivity index (χ1n) is 8.31. The van der Waals surface area contributed by atoms with Crippen LogP contribution in [0.2, 0.25) is 0 Å². The fourth-order valence-corrected chi connectivity index (χ4v) is 5.19. The number of thioether (sulfide) groups is 1. The van der Waals surface area contributed by atoms with E-state index in [4.69, 9.17) is 0 Å². The van der Waals surface area contributed by atoms with Gasteiger partial charge < -0.3 is 4.57 Å². The number of nitro groups is 1. The second kappa shape index (κ2) is 6.84. The lowest BCUT2D eigenvalue weighted by Crippen LogP contribution is -2.09. The summed E-state index contributed by atoms with van der Waals surface area (Å²) >= 11 is 3.27.